The Morgan fingerprint density at radius 3 is 2.72 bits per heavy atom. The Hall–Kier alpha value is -1.77. The zero-order valence-corrected chi connectivity index (χ0v) is 10.6. The number of aliphatic carboxylic acids is 1. The molecule has 98 valence electrons. The molecule has 0 aromatic heterocycles. The summed E-state index contributed by atoms with van der Waals surface area (Å²) in [5.74, 6) is -1.51. The van der Waals surface area contributed by atoms with Crippen LogP contribution < -0.4 is 5.32 Å². The fourth-order valence-electron chi connectivity index (χ4n) is 1.86. The number of hydrogen-bond acceptors (Lipinski definition) is 6. The lowest BCUT2D eigenvalue weighted by Gasteiger charge is -2.34. The van der Waals surface area contributed by atoms with Crippen molar-refractivity contribution < 1.29 is 19.5 Å². The monoisotopic (exact) mass is 272 g/mol. The molecule has 0 bridgehead atoms. The number of nitrogens with zero attached hydrogens (tertiary/aromatic N) is 3. The number of amidine groups is 1. The SMILES string of the molecule is CN1C(=O)NC(=O)C2C1N=C(SCC(=O)O)N2C. The number of thioether (sulfide) groups is 1. The van der Waals surface area contributed by atoms with Crippen LogP contribution in [0.4, 0.5) is 4.79 Å². The van der Waals surface area contributed by atoms with E-state index in [1.165, 1.54) is 4.90 Å². The first kappa shape index (κ1) is 12.7. The molecule has 3 amide bonds. The molecule has 2 atom stereocenters. The van der Waals surface area contributed by atoms with Crippen molar-refractivity contribution >= 4 is 34.8 Å². The van der Waals surface area contributed by atoms with Crippen molar-refractivity contribution in [2.75, 3.05) is 19.8 Å². The summed E-state index contributed by atoms with van der Waals surface area (Å²) in [7, 11) is 3.20. The van der Waals surface area contributed by atoms with E-state index in [4.69, 9.17) is 5.11 Å². The lowest BCUT2D eigenvalue weighted by atomic mass is 10.1. The molecule has 2 aliphatic rings. The second-order valence-corrected chi connectivity index (χ2v) is 4.91. The van der Waals surface area contributed by atoms with Crippen LogP contribution >= 0.6 is 11.8 Å². The summed E-state index contributed by atoms with van der Waals surface area (Å²) in [5.41, 5.74) is 0. The minimum Gasteiger partial charge on any atom is -0.481 e. The molecule has 0 aromatic carbocycles. The Balaban J connectivity index is 2.18. The summed E-state index contributed by atoms with van der Waals surface area (Å²) in [6, 6.07) is -1.09. The number of carbonyl (C=O) groups excluding carboxylic acids is 2. The average molecular weight is 272 g/mol. The van der Waals surface area contributed by atoms with Crippen LogP contribution in [-0.2, 0) is 9.59 Å². The predicted molar refractivity (Wildman–Crippen MR) is 64.2 cm³/mol. The van der Waals surface area contributed by atoms with Crippen LogP contribution in [0.25, 0.3) is 0 Å². The third-order valence-electron chi connectivity index (χ3n) is 2.78. The van der Waals surface area contributed by atoms with Gasteiger partial charge in [-0.25, -0.2) is 9.79 Å². The Labute approximate surface area is 107 Å². The number of rotatable bonds is 2. The summed E-state index contributed by atoms with van der Waals surface area (Å²) < 4.78 is 0. The first-order valence-corrected chi connectivity index (χ1v) is 6.13. The minimum absolute atomic E-state index is 0.137. The largest absolute Gasteiger partial charge is 0.481 e. The lowest BCUT2D eigenvalue weighted by Crippen LogP contribution is -2.63. The third-order valence-corrected chi connectivity index (χ3v) is 3.83. The molecule has 1 fully saturated rings. The van der Waals surface area contributed by atoms with Crippen LogP contribution in [-0.4, -0.2) is 70.0 Å². The highest BCUT2D eigenvalue weighted by Gasteiger charge is 2.47. The van der Waals surface area contributed by atoms with Gasteiger partial charge >= 0.3 is 12.0 Å². The topological polar surface area (TPSA) is 102 Å². The fourth-order valence-corrected chi connectivity index (χ4v) is 2.61. The fraction of sp³-hybridized carbons (Fsp3) is 0.556. The van der Waals surface area contributed by atoms with Gasteiger partial charge in [-0.05, 0) is 0 Å². The molecule has 0 aromatic rings. The number of urea groups is 1. The van der Waals surface area contributed by atoms with E-state index in [2.05, 4.69) is 10.3 Å². The van der Waals surface area contributed by atoms with Gasteiger partial charge in [0.25, 0.3) is 5.91 Å². The standard InChI is InChI=1S/C9H12N4O4S/c1-12-5-6(10-9(12)18-3-4(14)15)13(2)8(17)11-7(5)16/h5-6H,3H2,1-2H3,(H,14,15)(H,11,16,17). The molecule has 0 radical (unpaired) electrons. The summed E-state index contributed by atoms with van der Waals surface area (Å²) in [6.07, 6.45) is -0.590. The van der Waals surface area contributed by atoms with Gasteiger partial charge in [-0.3, -0.25) is 14.9 Å². The van der Waals surface area contributed by atoms with E-state index >= 15 is 0 Å². The number of carbonyl (C=O) groups is 3. The molecular weight excluding hydrogens is 260 g/mol. The van der Waals surface area contributed by atoms with E-state index in [-0.39, 0.29) is 5.75 Å². The van der Waals surface area contributed by atoms with Crippen molar-refractivity contribution in [1.82, 2.24) is 15.1 Å². The van der Waals surface area contributed by atoms with Gasteiger partial charge in [0.2, 0.25) is 0 Å². The van der Waals surface area contributed by atoms with Crippen molar-refractivity contribution in [3.8, 4) is 0 Å². The van der Waals surface area contributed by atoms with Crippen molar-refractivity contribution in [3.05, 3.63) is 0 Å². The van der Waals surface area contributed by atoms with Crippen LogP contribution in [0, 0.1) is 0 Å². The van der Waals surface area contributed by atoms with E-state index in [0.29, 0.717) is 5.17 Å². The van der Waals surface area contributed by atoms with E-state index in [1.807, 2.05) is 0 Å². The van der Waals surface area contributed by atoms with E-state index < -0.39 is 30.1 Å². The molecule has 0 saturated carbocycles. The molecule has 1 saturated heterocycles. The highest BCUT2D eigenvalue weighted by atomic mass is 32.2. The molecule has 2 aliphatic heterocycles. The number of aliphatic imine (C=N–C) groups is 1. The van der Waals surface area contributed by atoms with Gasteiger partial charge in [0, 0.05) is 14.1 Å². The van der Waals surface area contributed by atoms with Gasteiger partial charge in [0.05, 0.1) is 5.75 Å². The number of carboxylic acids is 1. The first-order chi connectivity index (χ1) is 8.41. The quantitative estimate of drug-likeness (QED) is 0.667. The van der Waals surface area contributed by atoms with Crippen molar-refractivity contribution in [2.45, 2.75) is 12.2 Å². The maximum atomic E-state index is 11.7. The van der Waals surface area contributed by atoms with Gasteiger partial charge in [0.1, 0.15) is 0 Å². The Morgan fingerprint density at radius 1 is 1.44 bits per heavy atom. The van der Waals surface area contributed by atoms with Gasteiger partial charge in [-0.1, -0.05) is 11.8 Å². The second-order valence-electron chi connectivity index (χ2n) is 3.97. The number of imide groups is 1. The zero-order chi connectivity index (χ0) is 13.4. The zero-order valence-electron chi connectivity index (χ0n) is 9.78. The van der Waals surface area contributed by atoms with Crippen molar-refractivity contribution in [3.63, 3.8) is 0 Å². The maximum absolute atomic E-state index is 11.7. The van der Waals surface area contributed by atoms with Gasteiger partial charge in [-0.15, -0.1) is 0 Å². The molecule has 2 heterocycles. The third kappa shape index (κ3) is 2.01. The first-order valence-electron chi connectivity index (χ1n) is 5.14. The molecule has 18 heavy (non-hydrogen) atoms. The van der Waals surface area contributed by atoms with Crippen LogP contribution in [0.1, 0.15) is 0 Å². The highest BCUT2D eigenvalue weighted by molar-refractivity contribution is 8.14. The highest BCUT2D eigenvalue weighted by Crippen LogP contribution is 2.26. The number of likely N-dealkylation sites (N-methyl/N-ethyl adjacent to an activating group) is 2. The summed E-state index contributed by atoms with van der Waals surface area (Å²) in [5, 5.41) is 11.3. The average Bonchev–Trinajstić information content (AvgIpc) is 2.61. The summed E-state index contributed by atoms with van der Waals surface area (Å²) in [4.78, 5) is 40.8. The second kappa shape index (κ2) is 4.48. The minimum atomic E-state index is -0.958. The number of carboxylic acid groups (broad SMARTS) is 1. The molecule has 2 rings (SSSR count). The van der Waals surface area contributed by atoms with E-state index in [0.717, 1.165) is 11.8 Å². The molecule has 2 unspecified atom stereocenters. The lowest BCUT2D eigenvalue weighted by molar-refractivity contribution is -0.134. The predicted octanol–water partition coefficient (Wildman–Crippen LogP) is -1.02. The Kier molecular flexibility index (Phi) is 3.16. The van der Waals surface area contributed by atoms with Crippen LogP contribution in [0.2, 0.25) is 0 Å². The van der Waals surface area contributed by atoms with E-state index in [1.54, 1.807) is 19.0 Å². The number of hydrogen-bond donors (Lipinski definition) is 2. The molecule has 2 N–H and O–H groups in total. The summed E-state index contributed by atoms with van der Waals surface area (Å²) in [6.45, 7) is 0. The molecule has 0 spiro atoms. The summed E-state index contributed by atoms with van der Waals surface area (Å²) >= 11 is 1.03. The molecule has 0 aliphatic carbocycles. The molecule has 8 nitrogen and oxygen atoms in total. The van der Waals surface area contributed by atoms with Crippen molar-refractivity contribution in [2.24, 2.45) is 4.99 Å². The number of fused-ring (bicyclic) bond motifs is 1. The van der Waals surface area contributed by atoms with Crippen LogP contribution in [0.5, 0.6) is 0 Å². The number of nitrogens with one attached hydrogen (secondary N) is 1. The van der Waals surface area contributed by atoms with Crippen LogP contribution in [0.3, 0.4) is 0 Å². The Morgan fingerprint density at radius 2 is 2.11 bits per heavy atom. The molecule has 9 heteroatoms. The van der Waals surface area contributed by atoms with Gasteiger partial charge in [0.15, 0.2) is 17.4 Å². The smallest absolute Gasteiger partial charge is 0.325 e. The van der Waals surface area contributed by atoms with Crippen LogP contribution in [0.15, 0.2) is 4.99 Å². The Bertz CT molecular complexity index is 452. The van der Waals surface area contributed by atoms with Crippen molar-refractivity contribution in [1.29, 1.82) is 0 Å². The normalized spacial score (nSPS) is 26.9. The van der Waals surface area contributed by atoms with Gasteiger partial charge < -0.3 is 14.9 Å². The molecular formula is C9H12N4O4S. The van der Waals surface area contributed by atoms with Gasteiger partial charge in [-0.2, -0.15) is 0 Å². The maximum Gasteiger partial charge on any atom is 0.325 e. The van der Waals surface area contributed by atoms with E-state index in [9.17, 15) is 14.4 Å². The number of amides is 3.